The van der Waals surface area contributed by atoms with Gasteiger partial charge in [-0.2, -0.15) is 0 Å². The Morgan fingerprint density at radius 1 is 1.42 bits per heavy atom. The highest BCUT2D eigenvalue weighted by atomic mass is 14.9. The molecule has 0 saturated heterocycles. The zero-order valence-corrected chi connectivity index (χ0v) is 7.75. The van der Waals surface area contributed by atoms with E-state index in [0.29, 0.717) is 6.04 Å². The van der Waals surface area contributed by atoms with Crippen LogP contribution in [0.15, 0.2) is 24.4 Å². The first-order chi connectivity index (χ1) is 5.79. The van der Waals surface area contributed by atoms with Crippen LogP contribution >= 0.6 is 0 Å². The molecule has 0 spiro atoms. The summed E-state index contributed by atoms with van der Waals surface area (Å²) in [4.78, 5) is 4.24. The van der Waals surface area contributed by atoms with Gasteiger partial charge in [0, 0.05) is 30.9 Å². The van der Waals surface area contributed by atoms with E-state index in [0.717, 1.165) is 18.7 Å². The number of pyridine rings is 1. The van der Waals surface area contributed by atoms with E-state index < -0.39 is 0 Å². The standard InChI is InChI=1S/C10H16N2/c1-9(2)11-8-6-10-5-3-4-7-12-10/h3-5,7,9,11H,6,8H2,1-2H3. The van der Waals surface area contributed by atoms with Crippen molar-refractivity contribution in [3.8, 4) is 0 Å². The number of aromatic nitrogens is 1. The molecular formula is C10H16N2. The van der Waals surface area contributed by atoms with Gasteiger partial charge in [0.15, 0.2) is 0 Å². The van der Waals surface area contributed by atoms with Crippen molar-refractivity contribution in [2.24, 2.45) is 0 Å². The number of nitrogens with one attached hydrogen (secondary N) is 1. The molecule has 2 heteroatoms. The van der Waals surface area contributed by atoms with Crippen molar-refractivity contribution in [3.63, 3.8) is 0 Å². The van der Waals surface area contributed by atoms with Gasteiger partial charge in [-0.05, 0) is 12.1 Å². The Hall–Kier alpha value is -0.890. The Labute approximate surface area is 74.0 Å². The molecule has 0 saturated carbocycles. The number of nitrogens with zero attached hydrogens (tertiary/aromatic N) is 1. The van der Waals surface area contributed by atoms with Gasteiger partial charge in [0.2, 0.25) is 0 Å². The van der Waals surface area contributed by atoms with Gasteiger partial charge in [-0.25, -0.2) is 0 Å². The Kier molecular flexibility index (Phi) is 3.74. The highest BCUT2D eigenvalue weighted by Crippen LogP contribution is 1.93. The molecule has 0 amide bonds. The minimum absolute atomic E-state index is 0.564. The van der Waals surface area contributed by atoms with E-state index in [4.69, 9.17) is 0 Å². The van der Waals surface area contributed by atoms with Crippen LogP contribution in [0.25, 0.3) is 0 Å². The lowest BCUT2D eigenvalue weighted by molar-refractivity contribution is 0.587. The van der Waals surface area contributed by atoms with Crippen molar-refractivity contribution < 1.29 is 0 Å². The molecule has 0 unspecified atom stereocenters. The van der Waals surface area contributed by atoms with Gasteiger partial charge in [0.25, 0.3) is 0 Å². The molecule has 1 aromatic heterocycles. The third-order valence-electron chi connectivity index (χ3n) is 1.66. The van der Waals surface area contributed by atoms with E-state index in [1.807, 2.05) is 18.3 Å². The lowest BCUT2D eigenvalue weighted by Crippen LogP contribution is -2.25. The molecule has 0 aliphatic heterocycles. The minimum Gasteiger partial charge on any atom is -0.314 e. The van der Waals surface area contributed by atoms with Gasteiger partial charge < -0.3 is 5.32 Å². The third-order valence-corrected chi connectivity index (χ3v) is 1.66. The molecule has 1 rings (SSSR count). The van der Waals surface area contributed by atoms with Crippen LogP contribution in [0.5, 0.6) is 0 Å². The van der Waals surface area contributed by atoms with Crippen LogP contribution in [0.3, 0.4) is 0 Å². The lowest BCUT2D eigenvalue weighted by atomic mass is 10.2. The summed E-state index contributed by atoms with van der Waals surface area (Å²) in [5, 5.41) is 3.35. The molecule has 0 radical (unpaired) electrons. The lowest BCUT2D eigenvalue weighted by Gasteiger charge is -2.06. The van der Waals surface area contributed by atoms with Gasteiger partial charge in [-0.3, -0.25) is 4.98 Å². The SMILES string of the molecule is CC(C)NCCc1ccccn1. The van der Waals surface area contributed by atoms with Gasteiger partial charge in [0.05, 0.1) is 0 Å². The first kappa shape index (κ1) is 9.20. The average molecular weight is 164 g/mol. The zero-order chi connectivity index (χ0) is 8.81. The average Bonchev–Trinajstić information content (AvgIpc) is 2.05. The second-order valence-electron chi connectivity index (χ2n) is 3.18. The summed E-state index contributed by atoms with van der Waals surface area (Å²) in [6.45, 7) is 5.31. The molecule has 0 bridgehead atoms. The first-order valence-corrected chi connectivity index (χ1v) is 4.42. The fourth-order valence-corrected chi connectivity index (χ4v) is 1.03. The van der Waals surface area contributed by atoms with Crippen LogP contribution < -0.4 is 5.32 Å². The van der Waals surface area contributed by atoms with E-state index in [1.165, 1.54) is 0 Å². The summed E-state index contributed by atoms with van der Waals surface area (Å²) in [6, 6.07) is 6.59. The predicted molar refractivity (Wildman–Crippen MR) is 51.1 cm³/mol. The molecule has 12 heavy (non-hydrogen) atoms. The molecule has 1 aromatic rings. The molecule has 1 heterocycles. The van der Waals surface area contributed by atoms with Crippen molar-refractivity contribution in [1.29, 1.82) is 0 Å². The highest BCUT2D eigenvalue weighted by Gasteiger charge is 1.93. The summed E-state index contributed by atoms with van der Waals surface area (Å²) < 4.78 is 0. The molecule has 66 valence electrons. The van der Waals surface area contributed by atoms with Crippen LogP contribution in [0.1, 0.15) is 19.5 Å². The molecule has 0 aromatic carbocycles. The van der Waals surface area contributed by atoms with Crippen LogP contribution in [-0.2, 0) is 6.42 Å². The van der Waals surface area contributed by atoms with Crippen LogP contribution in [-0.4, -0.2) is 17.6 Å². The Morgan fingerprint density at radius 2 is 2.25 bits per heavy atom. The maximum Gasteiger partial charge on any atom is 0.0416 e. The molecule has 0 atom stereocenters. The van der Waals surface area contributed by atoms with E-state index in [9.17, 15) is 0 Å². The molecule has 0 fully saturated rings. The van der Waals surface area contributed by atoms with Crippen molar-refractivity contribution >= 4 is 0 Å². The van der Waals surface area contributed by atoms with E-state index >= 15 is 0 Å². The topological polar surface area (TPSA) is 24.9 Å². The Morgan fingerprint density at radius 3 is 2.83 bits per heavy atom. The summed E-state index contributed by atoms with van der Waals surface area (Å²) in [7, 11) is 0. The molecular weight excluding hydrogens is 148 g/mol. The van der Waals surface area contributed by atoms with Gasteiger partial charge in [-0.1, -0.05) is 19.9 Å². The monoisotopic (exact) mass is 164 g/mol. The van der Waals surface area contributed by atoms with E-state index in [1.54, 1.807) is 0 Å². The quantitative estimate of drug-likeness (QED) is 0.731. The normalized spacial score (nSPS) is 10.6. The summed E-state index contributed by atoms with van der Waals surface area (Å²) in [5.41, 5.74) is 1.16. The highest BCUT2D eigenvalue weighted by molar-refractivity contribution is 5.03. The molecule has 2 nitrogen and oxygen atoms in total. The maximum atomic E-state index is 4.24. The summed E-state index contributed by atoms with van der Waals surface area (Å²) in [5.74, 6) is 0. The number of hydrogen-bond acceptors (Lipinski definition) is 2. The smallest absolute Gasteiger partial charge is 0.0416 e. The van der Waals surface area contributed by atoms with Crippen molar-refractivity contribution in [2.75, 3.05) is 6.54 Å². The Bertz CT molecular complexity index is 206. The number of rotatable bonds is 4. The first-order valence-electron chi connectivity index (χ1n) is 4.42. The third kappa shape index (κ3) is 3.49. The number of hydrogen-bond donors (Lipinski definition) is 1. The van der Waals surface area contributed by atoms with Gasteiger partial charge in [0.1, 0.15) is 0 Å². The largest absolute Gasteiger partial charge is 0.314 e. The summed E-state index contributed by atoms with van der Waals surface area (Å²) in [6.07, 6.45) is 2.85. The second kappa shape index (κ2) is 4.88. The Balaban J connectivity index is 2.25. The van der Waals surface area contributed by atoms with Crippen molar-refractivity contribution in [3.05, 3.63) is 30.1 Å². The predicted octanol–water partition coefficient (Wildman–Crippen LogP) is 1.62. The summed E-state index contributed by atoms with van der Waals surface area (Å²) >= 11 is 0. The van der Waals surface area contributed by atoms with Crippen LogP contribution in [0.2, 0.25) is 0 Å². The molecule has 1 N–H and O–H groups in total. The minimum atomic E-state index is 0.564. The van der Waals surface area contributed by atoms with Crippen molar-refractivity contribution in [2.45, 2.75) is 26.3 Å². The van der Waals surface area contributed by atoms with Gasteiger partial charge >= 0.3 is 0 Å². The van der Waals surface area contributed by atoms with Gasteiger partial charge in [-0.15, -0.1) is 0 Å². The second-order valence-corrected chi connectivity index (χ2v) is 3.18. The van der Waals surface area contributed by atoms with E-state index in [2.05, 4.69) is 30.2 Å². The van der Waals surface area contributed by atoms with Crippen LogP contribution in [0.4, 0.5) is 0 Å². The fourth-order valence-electron chi connectivity index (χ4n) is 1.03. The molecule has 0 aliphatic carbocycles. The maximum absolute atomic E-state index is 4.24. The zero-order valence-electron chi connectivity index (χ0n) is 7.75. The fraction of sp³-hybridized carbons (Fsp3) is 0.500. The molecule has 0 aliphatic rings. The van der Waals surface area contributed by atoms with Crippen molar-refractivity contribution in [1.82, 2.24) is 10.3 Å². The van der Waals surface area contributed by atoms with Crippen LogP contribution in [0, 0.1) is 0 Å². The van der Waals surface area contributed by atoms with E-state index in [-0.39, 0.29) is 0 Å².